The highest BCUT2D eigenvalue weighted by Crippen LogP contribution is 2.26. The number of pyridine rings is 1. The van der Waals surface area contributed by atoms with Crippen LogP contribution in [-0.4, -0.2) is 24.0 Å². The summed E-state index contributed by atoms with van der Waals surface area (Å²) in [7, 11) is 1.36. The molecule has 0 saturated heterocycles. The van der Waals surface area contributed by atoms with E-state index in [0.717, 1.165) is 16.7 Å². The lowest BCUT2D eigenvalue weighted by Crippen LogP contribution is -2.29. The van der Waals surface area contributed by atoms with Crippen LogP contribution in [0.1, 0.15) is 29.8 Å². The molecular weight excluding hydrogens is 404 g/mol. The first-order valence-electron chi connectivity index (χ1n) is 10.0. The quantitative estimate of drug-likeness (QED) is 0.532. The Kier molecular flexibility index (Phi) is 6.86. The molecule has 0 aliphatic heterocycles. The van der Waals surface area contributed by atoms with Gasteiger partial charge < -0.3 is 15.4 Å². The number of carbonyl (C=O) groups excluding carboxylic acids is 2. The highest BCUT2D eigenvalue weighted by atomic mass is 16.5. The molecule has 0 spiro atoms. The fourth-order valence-corrected chi connectivity index (χ4v) is 2.99. The number of aromatic nitrogens is 1. The van der Waals surface area contributed by atoms with Crippen LogP contribution in [0.2, 0.25) is 0 Å². The van der Waals surface area contributed by atoms with Gasteiger partial charge >= 0.3 is 5.97 Å². The number of amides is 1. The predicted octanol–water partition coefficient (Wildman–Crippen LogP) is 4.64. The zero-order valence-corrected chi connectivity index (χ0v) is 18.2. The summed E-state index contributed by atoms with van der Waals surface area (Å²) in [5.74, 6) is -0.268. The fourth-order valence-electron chi connectivity index (χ4n) is 2.99. The number of anilines is 2. The Labute approximate surface area is 187 Å². The number of methoxy groups -OCH3 is 1. The number of nitriles is 1. The van der Waals surface area contributed by atoms with Gasteiger partial charge in [-0.15, -0.1) is 0 Å². The Bertz CT molecular complexity index is 1160. The van der Waals surface area contributed by atoms with Gasteiger partial charge in [-0.25, -0.2) is 9.78 Å². The average molecular weight is 428 g/mol. The number of hydrogen-bond acceptors (Lipinski definition) is 6. The summed E-state index contributed by atoms with van der Waals surface area (Å²) in [5.41, 5.74) is 2.56. The monoisotopic (exact) mass is 428 g/mol. The van der Waals surface area contributed by atoms with Gasteiger partial charge in [0, 0.05) is 12.7 Å². The van der Waals surface area contributed by atoms with Crippen molar-refractivity contribution in [3.05, 3.63) is 78.0 Å². The Morgan fingerprint density at radius 3 is 2.47 bits per heavy atom. The van der Waals surface area contributed by atoms with Crippen LogP contribution >= 0.6 is 0 Å². The molecule has 0 unspecified atom stereocenters. The highest BCUT2D eigenvalue weighted by molar-refractivity contribution is 5.98. The van der Waals surface area contributed by atoms with Crippen molar-refractivity contribution >= 4 is 23.4 Å². The van der Waals surface area contributed by atoms with Gasteiger partial charge in [-0.3, -0.25) is 4.79 Å². The summed E-state index contributed by atoms with van der Waals surface area (Å²) in [6, 6.07) is 20.5. The van der Waals surface area contributed by atoms with Crippen LogP contribution in [0.25, 0.3) is 11.1 Å². The molecule has 1 aromatic heterocycles. The van der Waals surface area contributed by atoms with E-state index in [9.17, 15) is 9.59 Å². The van der Waals surface area contributed by atoms with Crippen LogP contribution in [0, 0.1) is 16.7 Å². The first-order chi connectivity index (χ1) is 15.4. The summed E-state index contributed by atoms with van der Waals surface area (Å²) in [4.78, 5) is 28.7. The second-order valence-corrected chi connectivity index (χ2v) is 7.68. The molecule has 0 saturated carbocycles. The van der Waals surface area contributed by atoms with Gasteiger partial charge in [0.2, 0.25) is 5.91 Å². The number of rotatable bonds is 7. The second-order valence-electron chi connectivity index (χ2n) is 7.68. The SMILES string of the molecule is COC(=O)c1ccccc1-c1ccc(CNc2ncccc2NC(=O)C(C)(C)C#N)cc1. The van der Waals surface area contributed by atoms with E-state index in [4.69, 9.17) is 10.00 Å². The molecule has 1 amide bonds. The number of nitrogens with one attached hydrogen (secondary N) is 2. The van der Waals surface area contributed by atoms with Crippen LogP contribution in [0.15, 0.2) is 66.9 Å². The minimum atomic E-state index is -1.15. The first-order valence-corrected chi connectivity index (χ1v) is 10.0. The Hall–Kier alpha value is -4.18. The molecule has 32 heavy (non-hydrogen) atoms. The zero-order chi connectivity index (χ0) is 23.1. The van der Waals surface area contributed by atoms with E-state index < -0.39 is 11.3 Å². The number of ether oxygens (including phenoxy) is 1. The number of nitrogens with zero attached hydrogens (tertiary/aromatic N) is 2. The number of benzene rings is 2. The van der Waals surface area contributed by atoms with E-state index in [2.05, 4.69) is 15.6 Å². The lowest BCUT2D eigenvalue weighted by molar-refractivity contribution is -0.121. The maximum Gasteiger partial charge on any atom is 0.338 e. The van der Waals surface area contributed by atoms with Gasteiger partial charge in [0.15, 0.2) is 0 Å². The topological polar surface area (TPSA) is 104 Å². The molecule has 0 fully saturated rings. The van der Waals surface area contributed by atoms with Crippen molar-refractivity contribution in [2.75, 3.05) is 17.7 Å². The fraction of sp³-hybridized carbons (Fsp3) is 0.200. The van der Waals surface area contributed by atoms with Gasteiger partial charge in [0.05, 0.1) is 24.4 Å². The molecular formula is C25H24N4O3. The van der Waals surface area contributed by atoms with E-state index in [1.165, 1.54) is 7.11 Å². The zero-order valence-electron chi connectivity index (χ0n) is 18.2. The van der Waals surface area contributed by atoms with Crippen molar-refractivity contribution in [2.24, 2.45) is 5.41 Å². The van der Waals surface area contributed by atoms with E-state index >= 15 is 0 Å². The molecule has 0 bridgehead atoms. The average Bonchev–Trinajstić information content (AvgIpc) is 2.83. The molecule has 2 N–H and O–H groups in total. The lowest BCUT2D eigenvalue weighted by Gasteiger charge is -2.17. The van der Waals surface area contributed by atoms with Crippen molar-refractivity contribution in [3.63, 3.8) is 0 Å². The maximum atomic E-state index is 12.3. The highest BCUT2D eigenvalue weighted by Gasteiger charge is 2.27. The Morgan fingerprint density at radius 2 is 1.78 bits per heavy atom. The van der Waals surface area contributed by atoms with E-state index in [1.54, 1.807) is 44.3 Å². The molecule has 7 nitrogen and oxygen atoms in total. The summed E-state index contributed by atoms with van der Waals surface area (Å²) in [5, 5.41) is 15.1. The molecule has 0 atom stereocenters. The van der Waals surface area contributed by atoms with E-state index in [0.29, 0.717) is 23.6 Å². The van der Waals surface area contributed by atoms with Crippen LogP contribution in [-0.2, 0) is 16.1 Å². The third-order valence-electron chi connectivity index (χ3n) is 4.96. The minimum Gasteiger partial charge on any atom is -0.465 e. The molecule has 0 aliphatic carbocycles. The van der Waals surface area contributed by atoms with Crippen LogP contribution < -0.4 is 10.6 Å². The third kappa shape index (κ3) is 5.10. The largest absolute Gasteiger partial charge is 0.465 e. The van der Waals surface area contributed by atoms with Crippen molar-refractivity contribution < 1.29 is 14.3 Å². The minimum absolute atomic E-state index is 0.379. The van der Waals surface area contributed by atoms with Crippen molar-refractivity contribution in [1.29, 1.82) is 5.26 Å². The van der Waals surface area contributed by atoms with E-state index in [1.807, 2.05) is 42.5 Å². The molecule has 1 heterocycles. The normalized spacial score (nSPS) is 10.7. The van der Waals surface area contributed by atoms with Gasteiger partial charge in [0.25, 0.3) is 0 Å². The van der Waals surface area contributed by atoms with Crippen LogP contribution in [0.3, 0.4) is 0 Å². The van der Waals surface area contributed by atoms with Gasteiger partial charge in [-0.1, -0.05) is 42.5 Å². The summed E-state index contributed by atoms with van der Waals surface area (Å²) in [6.45, 7) is 3.60. The van der Waals surface area contributed by atoms with Crippen molar-refractivity contribution in [1.82, 2.24) is 4.98 Å². The van der Waals surface area contributed by atoms with Gasteiger partial charge in [-0.2, -0.15) is 5.26 Å². The third-order valence-corrected chi connectivity index (χ3v) is 4.96. The Morgan fingerprint density at radius 1 is 1.06 bits per heavy atom. The molecule has 7 heteroatoms. The van der Waals surface area contributed by atoms with E-state index in [-0.39, 0.29) is 5.97 Å². The van der Waals surface area contributed by atoms with Crippen LogP contribution in [0.4, 0.5) is 11.5 Å². The molecule has 3 rings (SSSR count). The van der Waals surface area contributed by atoms with Gasteiger partial charge in [-0.05, 0) is 48.7 Å². The lowest BCUT2D eigenvalue weighted by atomic mass is 9.95. The smallest absolute Gasteiger partial charge is 0.338 e. The summed E-state index contributed by atoms with van der Waals surface area (Å²) >= 11 is 0. The second kappa shape index (κ2) is 9.75. The first kappa shape index (κ1) is 22.5. The molecule has 162 valence electrons. The molecule has 3 aromatic rings. The predicted molar refractivity (Wildman–Crippen MR) is 123 cm³/mol. The number of esters is 1. The number of hydrogen-bond donors (Lipinski definition) is 2. The summed E-state index contributed by atoms with van der Waals surface area (Å²) < 4.78 is 4.87. The van der Waals surface area contributed by atoms with Crippen molar-refractivity contribution in [2.45, 2.75) is 20.4 Å². The maximum absolute atomic E-state index is 12.3. The molecule has 0 aliphatic rings. The summed E-state index contributed by atoms with van der Waals surface area (Å²) in [6.07, 6.45) is 1.63. The molecule has 0 radical (unpaired) electrons. The van der Waals surface area contributed by atoms with Crippen molar-refractivity contribution in [3.8, 4) is 17.2 Å². The molecule has 2 aromatic carbocycles. The Balaban J connectivity index is 1.73. The van der Waals surface area contributed by atoms with Gasteiger partial charge in [0.1, 0.15) is 11.2 Å². The van der Waals surface area contributed by atoms with Crippen LogP contribution in [0.5, 0.6) is 0 Å². The standard InChI is InChI=1S/C25H24N4O3/c1-25(2,16-26)24(31)29-21-9-6-14-27-22(21)28-15-17-10-12-18(13-11-17)19-7-4-5-8-20(19)23(30)32-3/h4-14H,15H2,1-3H3,(H,27,28)(H,29,31). The number of carbonyl (C=O) groups is 2.